The summed E-state index contributed by atoms with van der Waals surface area (Å²) in [5.74, 6) is 1.40. The molecule has 106 valence electrons. The SMILES string of the molecule is COc1c(Br)cc(C(C)(C)O)cc1OC1CCCC1. The predicted octanol–water partition coefficient (Wildman–Crippen LogP) is 4.01. The van der Waals surface area contributed by atoms with Crippen LogP contribution in [-0.4, -0.2) is 18.3 Å². The molecule has 0 heterocycles. The van der Waals surface area contributed by atoms with Crippen LogP contribution < -0.4 is 9.47 Å². The maximum Gasteiger partial charge on any atom is 0.174 e. The fourth-order valence-electron chi connectivity index (χ4n) is 2.39. The van der Waals surface area contributed by atoms with Crippen molar-refractivity contribution in [3.8, 4) is 11.5 Å². The van der Waals surface area contributed by atoms with Gasteiger partial charge in [-0.15, -0.1) is 0 Å². The zero-order valence-electron chi connectivity index (χ0n) is 11.7. The van der Waals surface area contributed by atoms with E-state index < -0.39 is 5.60 Å². The lowest BCUT2D eigenvalue weighted by atomic mass is 9.98. The monoisotopic (exact) mass is 328 g/mol. The molecule has 3 nitrogen and oxygen atoms in total. The van der Waals surface area contributed by atoms with Gasteiger partial charge in [0.1, 0.15) is 0 Å². The molecule has 1 aromatic rings. The van der Waals surface area contributed by atoms with Gasteiger partial charge in [0, 0.05) is 0 Å². The van der Waals surface area contributed by atoms with Gasteiger partial charge in [0.2, 0.25) is 0 Å². The summed E-state index contributed by atoms with van der Waals surface area (Å²) in [5, 5.41) is 10.1. The molecule has 0 radical (unpaired) electrons. The second-order valence-corrected chi connectivity index (χ2v) is 6.43. The van der Waals surface area contributed by atoms with Crippen LogP contribution in [0.5, 0.6) is 11.5 Å². The zero-order valence-corrected chi connectivity index (χ0v) is 13.3. The van der Waals surface area contributed by atoms with Gasteiger partial charge in [0.05, 0.1) is 23.3 Å². The average molecular weight is 329 g/mol. The van der Waals surface area contributed by atoms with Crippen molar-refractivity contribution in [1.82, 2.24) is 0 Å². The smallest absolute Gasteiger partial charge is 0.174 e. The second-order valence-electron chi connectivity index (χ2n) is 5.57. The number of benzene rings is 1. The topological polar surface area (TPSA) is 38.7 Å². The Labute approximate surface area is 123 Å². The highest BCUT2D eigenvalue weighted by Crippen LogP contribution is 2.40. The van der Waals surface area contributed by atoms with Crippen molar-refractivity contribution in [3.05, 3.63) is 22.2 Å². The van der Waals surface area contributed by atoms with Gasteiger partial charge in [0.25, 0.3) is 0 Å². The average Bonchev–Trinajstić information content (AvgIpc) is 2.80. The van der Waals surface area contributed by atoms with Crippen molar-refractivity contribution >= 4 is 15.9 Å². The van der Waals surface area contributed by atoms with E-state index in [2.05, 4.69) is 15.9 Å². The van der Waals surface area contributed by atoms with Crippen LogP contribution in [0.3, 0.4) is 0 Å². The molecular weight excluding hydrogens is 308 g/mol. The molecule has 2 rings (SSSR count). The zero-order chi connectivity index (χ0) is 14.0. The van der Waals surface area contributed by atoms with Crippen LogP contribution in [0.2, 0.25) is 0 Å². The molecule has 1 aromatic carbocycles. The molecule has 0 atom stereocenters. The summed E-state index contributed by atoms with van der Waals surface area (Å²) in [4.78, 5) is 0. The molecule has 1 saturated carbocycles. The van der Waals surface area contributed by atoms with Crippen LogP contribution in [-0.2, 0) is 5.60 Å². The van der Waals surface area contributed by atoms with E-state index in [1.54, 1.807) is 21.0 Å². The molecule has 1 N–H and O–H groups in total. The summed E-state index contributed by atoms with van der Waals surface area (Å²) < 4.78 is 12.3. The van der Waals surface area contributed by atoms with E-state index in [1.165, 1.54) is 12.8 Å². The number of rotatable bonds is 4. The Bertz CT molecular complexity index is 445. The summed E-state index contributed by atoms with van der Waals surface area (Å²) >= 11 is 3.48. The predicted molar refractivity (Wildman–Crippen MR) is 78.8 cm³/mol. The molecule has 0 spiro atoms. The number of aliphatic hydroxyl groups is 1. The second kappa shape index (κ2) is 5.71. The Kier molecular flexibility index (Phi) is 4.41. The van der Waals surface area contributed by atoms with E-state index in [1.807, 2.05) is 12.1 Å². The molecule has 1 aliphatic carbocycles. The van der Waals surface area contributed by atoms with Gasteiger partial charge >= 0.3 is 0 Å². The van der Waals surface area contributed by atoms with Crippen molar-refractivity contribution in [1.29, 1.82) is 0 Å². The van der Waals surface area contributed by atoms with Crippen molar-refractivity contribution < 1.29 is 14.6 Å². The maximum atomic E-state index is 10.1. The van der Waals surface area contributed by atoms with Crippen LogP contribution in [0, 0.1) is 0 Å². The molecule has 0 saturated heterocycles. The van der Waals surface area contributed by atoms with Crippen LogP contribution >= 0.6 is 15.9 Å². The quantitative estimate of drug-likeness (QED) is 0.907. The van der Waals surface area contributed by atoms with Gasteiger partial charge in [-0.2, -0.15) is 0 Å². The summed E-state index contributed by atoms with van der Waals surface area (Å²) in [6.07, 6.45) is 4.89. The minimum Gasteiger partial charge on any atom is -0.492 e. The van der Waals surface area contributed by atoms with Gasteiger partial charge in [0.15, 0.2) is 11.5 Å². The summed E-state index contributed by atoms with van der Waals surface area (Å²) in [6.45, 7) is 3.53. The Morgan fingerprint density at radius 1 is 1.26 bits per heavy atom. The molecule has 0 aromatic heterocycles. The normalized spacial score (nSPS) is 16.7. The minimum atomic E-state index is -0.900. The first-order valence-electron chi connectivity index (χ1n) is 6.69. The lowest BCUT2D eigenvalue weighted by Gasteiger charge is -2.22. The van der Waals surface area contributed by atoms with Gasteiger partial charge in [-0.1, -0.05) is 0 Å². The van der Waals surface area contributed by atoms with Gasteiger partial charge in [-0.25, -0.2) is 0 Å². The third kappa shape index (κ3) is 3.42. The molecule has 19 heavy (non-hydrogen) atoms. The van der Waals surface area contributed by atoms with E-state index in [0.29, 0.717) is 11.5 Å². The van der Waals surface area contributed by atoms with E-state index in [-0.39, 0.29) is 6.10 Å². The number of halogens is 1. The maximum absolute atomic E-state index is 10.1. The Morgan fingerprint density at radius 3 is 2.42 bits per heavy atom. The Morgan fingerprint density at radius 2 is 1.89 bits per heavy atom. The largest absolute Gasteiger partial charge is 0.492 e. The Hall–Kier alpha value is -0.740. The van der Waals surface area contributed by atoms with Crippen LogP contribution in [0.25, 0.3) is 0 Å². The highest BCUT2D eigenvalue weighted by Gasteiger charge is 2.24. The summed E-state index contributed by atoms with van der Waals surface area (Å²) in [5.41, 5.74) is -0.0871. The van der Waals surface area contributed by atoms with E-state index in [0.717, 1.165) is 22.9 Å². The van der Waals surface area contributed by atoms with Gasteiger partial charge in [-0.3, -0.25) is 0 Å². The molecule has 0 aliphatic heterocycles. The van der Waals surface area contributed by atoms with Crippen molar-refractivity contribution in [2.24, 2.45) is 0 Å². The number of hydrogen-bond acceptors (Lipinski definition) is 3. The summed E-state index contributed by atoms with van der Waals surface area (Å²) in [7, 11) is 1.63. The minimum absolute atomic E-state index is 0.262. The van der Waals surface area contributed by atoms with Crippen molar-refractivity contribution in [2.75, 3.05) is 7.11 Å². The standard InChI is InChI=1S/C15H21BrO3/c1-15(2,17)10-8-12(16)14(18-3)13(9-10)19-11-6-4-5-7-11/h8-9,11,17H,4-7H2,1-3H3. The van der Waals surface area contributed by atoms with Gasteiger partial charge < -0.3 is 14.6 Å². The Balaban J connectivity index is 2.35. The first-order chi connectivity index (χ1) is 8.91. The third-order valence-electron chi connectivity index (χ3n) is 3.52. The number of hydrogen-bond donors (Lipinski definition) is 1. The molecule has 1 fully saturated rings. The van der Waals surface area contributed by atoms with E-state index >= 15 is 0 Å². The van der Waals surface area contributed by atoms with Gasteiger partial charge in [-0.05, 0) is 73.2 Å². The summed E-state index contributed by atoms with van der Waals surface area (Å²) in [6, 6.07) is 3.75. The fourth-order valence-corrected chi connectivity index (χ4v) is 3.00. The van der Waals surface area contributed by atoms with Crippen molar-refractivity contribution in [3.63, 3.8) is 0 Å². The van der Waals surface area contributed by atoms with E-state index in [4.69, 9.17) is 9.47 Å². The van der Waals surface area contributed by atoms with Crippen LogP contribution in [0.4, 0.5) is 0 Å². The first-order valence-corrected chi connectivity index (χ1v) is 7.48. The highest BCUT2D eigenvalue weighted by atomic mass is 79.9. The van der Waals surface area contributed by atoms with Crippen LogP contribution in [0.15, 0.2) is 16.6 Å². The molecule has 4 heteroatoms. The van der Waals surface area contributed by atoms with Crippen molar-refractivity contribution in [2.45, 2.75) is 51.2 Å². The third-order valence-corrected chi connectivity index (χ3v) is 4.10. The lowest BCUT2D eigenvalue weighted by Crippen LogP contribution is -2.17. The molecule has 0 bridgehead atoms. The lowest BCUT2D eigenvalue weighted by molar-refractivity contribution is 0.0778. The molecule has 0 unspecified atom stereocenters. The molecular formula is C15H21BrO3. The molecule has 1 aliphatic rings. The number of methoxy groups -OCH3 is 1. The molecule has 0 amide bonds. The van der Waals surface area contributed by atoms with E-state index in [9.17, 15) is 5.11 Å². The highest BCUT2D eigenvalue weighted by molar-refractivity contribution is 9.10. The fraction of sp³-hybridized carbons (Fsp3) is 0.600. The number of ether oxygens (including phenoxy) is 2. The van der Waals surface area contributed by atoms with Crippen LogP contribution in [0.1, 0.15) is 45.1 Å². The first kappa shape index (κ1) is 14.7.